The Hall–Kier alpha value is -1.86. The molecule has 1 atom stereocenters. The summed E-state index contributed by atoms with van der Waals surface area (Å²) in [5.74, 6) is 0. The minimum Gasteiger partial charge on any atom is -0.393 e. The fourth-order valence-corrected chi connectivity index (χ4v) is 3.11. The van der Waals surface area contributed by atoms with Gasteiger partial charge < -0.3 is 5.11 Å². The van der Waals surface area contributed by atoms with Crippen LogP contribution in [0.5, 0.6) is 0 Å². The predicted octanol–water partition coefficient (Wildman–Crippen LogP) is 5.09. The van der Waals surface area contributed by atoms with Crippen LogP contribution in [-0.2, 0) is 6.42 Å². The second-order valence-corrected chi connectivity index (χ2v) is 5.80. The van der Waals surface area contributed by atoms with E-state index in [1.54, 1.807) is 0 Å². The molecule has 108 valence electrons. The monoisotopic (exact) mass is 278 g/mol. The Labute approximate surface area is 126 Å². The van der Waals surface area contributed by atoms with Gasteiger partial charge in [0.2, 0.25) is 0 Å². The first kappa shape index (κ1) is 14.1. The maximum atomic E-state index is 10.4. The minimum absolute atomic E-state index is 0.251. The molecular weight excluding hydrogens is 256 g/mol. The Bertz CT molecular complexity index is 691. The van der Waals surface area contributed by atoms with E-state index in [1.165, 1.54) is 27.1 Å². The van der Waals surface area contributed by atoms with Crippen LogP contribution < -0.4 is 0 Å². The van der Waals surface area contributed by atoms with Crippen molar-refractivity contribution in [3.63, 3.8) is 0 Å². The average Bonchev–Trinajstić information content (AvgIpc) is 2.52. The molecule has 0 radical (unpaired) electrons. The number of rotatable bonds is 5. The lowest BCUT2D eigenvalue weighted by Crippen LogP contribution is -2.10. The van der Waals surface area contributed by atoms with Crippen LogP contribution in [0.2, 0.25) is 0 Å². The van der Waals surface area contributed by atoms with E-state index in [9.17, 15) is 5.11 Å². The zero-order valence-corrected chi connectivity index (χ0v) is 12.5. The summed E-state index contributed by atoms with van der Waals surface area (Å²) in [6.07, 6.45) is 3.59. The largest absolute Gasteiger partial charge is 0.393 e. The highest BCUT2D eigenvalue weighted by molar-refractivity contribution is 6.02. The first-order valence-corrected chi connectivity index (χ1v) is 7.87. The zero-order valence-electron chi connectivity index (χ0n) is 12.5. The van der Waals surface area contributed by atoms with E-state index in [4.69, 9.17) is 0 Å². The number of aliphatic hydroxyl groups excluding tert-OH is 1. The van der Waals surface area contributed by atoms with Crippen LogP contribution in [0.3, 0.4) is 0 Å². The van der Waals surface area contributed by atoms with Gasteiger partial charge in [-0.1, -0.05) is 68.3 Å². The van der Waals surface area contributed by atoms with Crippen LogP contribution in [0.15, 0.2) is 54.6 Å². The molecule has 0 amide bonds. The number of hydrogen-bond acceptors (Lipinski definition) is 1. The Kier molecular flexibility index (Phi) is 4.21. The molecule has 3 aromatic carbocycles. The van der Waals surface area contributed by atoms with Crippen molar-refractivity contribution in [3.8, 4) is 0 Å². The fraction of sp³-hybridized carbons (Fsp3) is 0.300. The van der Waals surface area contributed by atoms with Gasteiger partial charge in [0.05, 0.1) is 6.10 Å². The molecule has 0 bridgehead atoms. The second-order valence-electron chi connectivity index (χ2n) is 5.80. The van der Waals surface area contributed by atoms with Gasteiger partial charge in [0.1, 0.15) is 0 Å². The average molecular weight is 278 g/mol. The van der Waals surface area contributed by atoms with Crippen molar-refractivity contribution in [1.82, 2.24) is 0 Å². The first-order valence-electron chi connectivity index (χ1n) is 7.87. The third-order valence-electron chi connectivity index (χ3n) is 4.21. The normalized spacial score (nSPS) is 12.9. The number of benzene rings is 3. The van der Waals surface area contributed by atoms with Crippen molar-refractivity contribution in [2.45, 2.75) is 38.7 Å². The van der Waals surface area contributed by atoms with Crippen molar-refractivity contribution in [1.29, 1.82) is 0 Å². The maximum absolute atomic E-state index is 10.4. The van der Waals surface area contributed by atoms with Crippen molar-refractivity contribution in [2.24, 2.45) is 0 Å². The summed E-state index contributed by atoms with van der Waals surface area (Å²) < 4.78 is 0. The van der Waals surface area contributed by atoms with Gasteiger partial charge in [-0.3, -0.25) is 0 Å². The molecule has 0 heterocycles. The Morgan fingerprint density at radius 3 is 2.05 bits per heavy atom. The van der Waals surface area contributed by atoms with Crippen molar-refractivity contribution >= 4 is 21.5 Å². The number of hydrogen-bond donors (Lipinski definition) is 1. The van der Waals surface area contributed by atoms with E-state index < -0.39 is 0 Å². The van der Waals surface area contributed by atoms with Crippen LogP contribution in [0.4, 0.5) is 0 Å². The van der Waals surface area contributed by atoms with E-state index in [0.717, 1.165) is 25.7 Å². The highest BCUT2D eigenvalue weighted by atomic mass is 16.3. The Morgan fingerprint density at radius 2 is 1.48 bits per heavy atom. The van der Waals surface area contributed by atoms with Crippen molar-refractivity contribution < 1.29 is 5.11 Å². The van der Waals surface area contributed by atoms with Gasteiger partial charge in [0.15, 0.2) is 0 Å². The van der Waals surface area contributed by atoms with Gasteiger partial charge in [-0.15, -0.1) is 0 Å². The summed E-state index contributed by atoms with van der Waals surface area (Å²) >= 11 is 0. The van der Waals surface area contributed by atoms with Crippen LogP contribution in [-0.4, -0.2) is 11.2 Å². The molecule has 0 aliphatic rings. The van der Waals surface area contributed by atoms with Crippen LogP contribution in [0.25, 0.3) is 21.5 Å². The number of unbranched alkanes of at least 4 members (excludes halogenated alkanes) is 1. The zero-order chi connectivity index (χ0) is 14.7. The molecule has 1 unspecified atom stereocenters. The summed E-state index contributed by atoms with van der Waals surface area (Å²) in [4.78, 5) is 0. The first-order chi connectivity index (χ1) is 10.3. The molecule has 3 rings (SSSR count). The third-order valence-corrected chi connectivity index (χ3v) is 4.21. The molecule has 0 aromatic heterocycles. The Balaban J connectivity index is 2.11. The lowest BCUT2D eigenvalue weighted by Gasteiger charge is -2.15. The summed E-state index contributed by atoms with van der Waals surface area (Å²) in [5.41, 5.74) is 1.28. The quantitative estimate of drug-likeness (QED) is 0.645. The standard InChI is InChI=1S/C20H22O/c1-2-3-10-17(21)14-20-18-11-6-4-8-15(18)13-16-9-5-7-12-19(16)20/h4-9,11-13,17,21H,2-3,10,14H2,1H3. The third kappa shape index (κ3) is 2.93. The topological polar surface area (TPSA) is 20.2 Å². The van der Waals surface area contributed by atoms with Gasteiger partial charge in [0, 0.05) is 0 Å². The minimum atomic E-state index is -0.251. The summed E-state index contributed by atoms with van der Waals surface area (Å²) in [7, 11) is 0. The molecule has 0 aliphatic heterocycles. The molecule has 0 saturated heterocycles. The fourth-order valence-electron chi connectivity index (χ4n) is 3.11. The molecule has 0 saturated carbocycles. The number of fused-ring (bicyclic) bond motifs is 2. The molecule has 1 heteroatoms. The van der Waals surface area contributed by atoms with Gasteiger partial charge in [-0.05, 0) is 46.0 Å². The molecule has 0 fully saturated rings. The van der Waals surface area contributed by atoms with Gasteiger partial charge in [-0.25, -0.2) is 0 Å². The van der Waals surface area contributed by atoms with E-state index >= 15 is 0 Å². The molecule has 0 aliphatic carbocycles. The highest BCUT2D eigenvalue weighted by Gasteiger charge is 2.11. The van der Waals surface area contributed by atoms with Gasteiger partial charge >= 0.3 is 0 Å². The molecule has 1 N–H and O–H groups in total. The van der Waals surface area contributed by atoms with E-state index in [1.807, 2.05) is 0 Å². The van der Waals surface area contributed by atoms with Crippen LogP contribution in [0.1, 0.15) is 31.7 Å². The van der Waals surface area contributed by atoms with Crippen molar-refractivity contribution in [2.75, 3.05) is 0 Å². The van der Waals surface area contributed by atoms with E-state index in [0.29, 0.717) is 0 Å². The molecule has 0 spiro atoms. The molecule has 1 nitrogen and oxygen atoms in total. The molecule has 21 heavy (non-hydrogen) atoms. The SMILES string of the molecule is CCCCC(O)Cc1c2ccccc2cc2ccccc12. The van der Waals surface area contributed by atoms with Gasteiger partial charge in [0.25, 0.3) is 0 Å². The van der Waals surface area contributed by atoms with Crippen molar-refractivity contribution in [3.05, 3.63) is 60.2 Å². The van der Waals surface area contributed by atoms with Gasteiger partial charge in [-0.2, -0.15) is 0 Å². The van der Waals surface area contributed by atoms with E-state index in [-0.39, 0.29) is 6.10 Å². The number of aliphatic hydroxyl groups is 1. The molecule has 3 aromatic rings. The predicted molar refractivity (Wildman–Crippen MR) is 90.7 cm³/mol. The smallest absolute Gasteiger partial charge is 0.0581 e. The maximum Gasteiger partial charge on any atom is 0.0581 e. The lowest BCUT2D eigenvalue weighted by atomic mass is 9.92. The Morgan fingerprint density at radius 1 is 0.905 bits per heavy atom. The summed E-state index contributed by atoms with van der Waals surface area (Å²) in [6.45, 7) is 2.17. The van der Waals surface area contributed by atoms with E-state index in [2.05, 4.69) is 61.5 Å². The summed E-state index contributed by atoms with van der Waals surface area (Å²) in [5, 5.41) is 15.4. The van der Waals surface area contributed by atoms with Crippen LogP contribution >= 0.6 is 0 Å². The van der Waals surface area contributed by atoms with Crippen LogP contribution in [0, 0.1) is 0 Å². The highest BCUT2D eigenvalue weighted by Crippen LogP contribution is 2.29. The lowest BCUT2D eigenvalue weighted by molar-refractivity contribution is 0.162. The second kappa shape index (κ2) is 6.28. The molecular formula is C20H22O. The summed E-state index contributed by atoms with van der Waals surface area (Å²) in [6, 6.07) is 19.2.